The van der Waals surface area contributed by atoms with Crippen LogP contribution in [0.3, 0.4) is 0 Å². The number of hydrogen-bond donors (Lipinski definition) is 2. The van der Waals surface area contributed by atoms with Gasteiger partial charge in [0, 0.05) is 24.4 Å². The molecule has 116 valence electrons. The van der Waals surface area contributed by atoms with E-state index in [0.717, 1.165) is 24.1 Å². The molecule has 0 saturated heterocycles. The normalized spacial score (nSPS) is 15.5. The molecule has 1 heterocycles. The fraction of sp³-hybridized carbons (Fsp3) is 0.412. The van der Waals surface area contributed by atoms with Gasteiger partial charge in [-0.05, 0) is 61.9 Å². The highest BCUT2D eigenvalue weighted by molar-refractivity contribution is 5.94. The molecule has 0 radical (unpaired) electrons. The van der Waals surface area contributed by atoms with Crippen LogP contribution in [0.15, 0.2) is 36.7 Å². The number of aliphatic hydroxyl groups excluding tert-OH is 1. The molecule has 3 rings (SSSR count). The largest absolute Gasteiger partial charge is 0.396 e. The van der Waals surface area contributed by atoms with Gasteiger partial charge >= 0.3 is 0 Å². The van der Waals surface area contributed by atoms with Crippen LogP contribution in [0.2, 0.25) is 0 Å². The van der Waals surface area contributed by atoms with Crippen LogP contribution in [-0.2, 0) is 0 Å². The van der Waals surface area contributed by atoms with Gasteiger partial charge in [-0.25, -0.2) is 4.68 Å². The van der Waals surface area contributed by atoms with Gasteiger partial charge in [0.15, 0.2) is 0 Å². The fourth-order valence-electron chi connectivity index (χ4n) is 2.63. The van der Waals surface area contributed by atoms with Crippen LogP contribution in [0, 0.1) is 12.8 Å². The highest BCUT2D eigenvalue weighted by atomic mass is 16.3. The number of aromatic nitrogens is 2. The zero-order valence-electron chi connectivity index (χ0n) is 12.7. The Labute approximate surface area is 130 Å². The molecule has 2 aromatic rings. The molecule has 0 spiro atoms. The highest BCUT2D eigenvalue weighted by Crippen LogP contribution is 2.34. The van der Waals surface area contributed by atoms with E-state index in [1.165, 1.54) is 0 Å². The summed E-state index contributed by atoms with van der Waals surface area (Å²) in [6.45, 7) is 2.10. The van der Waals surface area contributed by atoms with E-state index in [4.69, 9.17) is 5.11 Å². The van der Waals surface area contributed by atoms with Crippen molar-refractivity contribution in [3.8, 4) is 5.69 Å². The van der Waals surface area contributed by atoms with Crippen molar-refractivity contribution in [2.75, 3.05) is 6.61 Å². The minimum Gasteiger partial charge on any atom is -0.396 e. The van der Waals surface area contributed by atoms with Crippen molar-refractivity contribution in [3.05, 3.63) is 47.8 Å². The van der Waals surface area contributed by atoms with Crippen LogP contribution < -0.4 is 5.32 Å². The zero-order valence-corrected chi connectivity index (χ0v) is 12.7. The Bertz CT molecular complexity index is 644. The second-order valence-corrected chi connectivity index (χ2v) is 5.94. The second-order valence-electron chi connectivity index (χ2n) is 5.94. The molecule has 1 aromatic heterocycles. The number of hydrogen-bond acceptors (Lipinski definition) is 3. The number of nitrogens with zero attached hydrogens (tertiary/aromatic N) is 2. The average molecular weight is 299 g/mol. The van der Waals surface area contributed by atoms with E-state index in [-0.39, 0.29) is 18.6 Å². The van der Waals surface area contributed by atoms with Gasteiger partial charge in [0.05, 0.1) is 11.9 Å². The third-order valence-electron chi connectivity index (χ3n) is 4.05. The summed E-state index contributed by atoms with van der Waals surface area (Å²) in [4.78, 5) is 12.3. The summed E-state index contributed by atoms with van der Waals surface area (Å²) in [5.74, 6) is 0.455. The topological polar surface area (TPSA) is 67.2 Å². The Hall–Kier alpha value is -2.14. The molecule has 1 aromatic carbocycles. The molecule has 1 aliphatic rings. The maximum absolute atomic E-state index is 12.3. The lowest BCUT2D eigenvalue weighted by molar-refractivity contribution is 0.0924. The molecule has 22 heavy (non-hydrogen) atoms. The predicted octanol–water partition coefficient (Wildman–Crippen LogP) is 2.07. The van der Waals surface area contributed by atoms with Crippen LogP contribution >= 0.6 is 0 Å². The van der Waals surface area contributed by atoms with Crippen molar-refractivity contribution in [1.29, 1.82) is 0 Å². The summed E-state index contributed by atoms with van der Waals surface area (Å²) in [7, 11) is 0. The predicted molar refractivity (Wildman–Crippen MR) is 84.0 cm³/mol. The van der Waals surface area contributed by atoms with Crippen molar-refractivity contribution in [2.24, 2.45) is 5.92 Å². The Morgan fingerprint density at radius 1 is 1.41 bits per heavy atom. The lowest BCUT2D eigenvalue weighted by atomic mass is 10.1. The van der Waals surface area contributed by atoms with Crippen molar-refractivity contribution in [3.63, 3.8) is 0 Å². The molecular weight excluding hydrogens is 278 g/mol. The Kier molecular flexibility index (Phi) is 4.24. The average Bonchev–Trinajstić information content (AvgIpc) is 3.28. The van der Waals surface area contributed by atoms with Crippen LogP contribution in [-0.4, -0.2) is 33.4 Å². The maximum atomic E-state index is 12.3. The molecule has 1 amide bonds. The lowest BCUT2D eigenvalue weighted by Crippen LogP contribution is -2.37. The molecule has 1 fully saturated rings. The van der Waals surface area contributed by atoms with Crippen LogP contribution in [0.4, 0.5) is 0 Å². The molecule has 1 atom stereocenters. The number of carbonyl (C=O) groups is 1. The van der Waals surface area contributed by atoms with Crippen LogP contribution in [0.25, 0.3) is 5.69 Å². The monoisotopic (exact) mass is 299 g/mol. The van der Waals surface area contributed by atoms with Crippen molar-refractivity contribution < 1.29 is 9.90 Å². The van der Waals surface area contributed by atoms with Gasteiger partial charge in [-0.3, -0.25) is 4.79 Å². The summed E-state index contributed by atoms with van der Waals surface area (Å²) in [5.41, 5.74) is 2.66. The summed E-state index contributed by atoms with van der Waals surface area (Å²) >= 11 is 0. The Balaban J connectivity index is 1.67. The molecule has 5 heteroatoms. The molecule has 2 N–H and O–H groups in total. The minimum absolute atomic E-state index is 0.0754. The molecule has 1 unspecified atom stereocenters. The van der Waals surface area contributed by atoms with E-state index in [2.05, 4.69) is 10.4 Å². The first-order valence-corrected chi connectivity index (χ1v) is 7.71. The van der Waals surface area contributed by atoms with Crippen molar-refractivity contribution >= 4 is 5.91 Å². The van der Waals surface area contributed by atoms with Gasteiger partial charge in [-0.1, -0.05) is 0 Å². The van der Waals surface area contributed by atoms with Crippen molar-refractivity contribution in [1.82, 2.24) is 15.1 Å². The van der Waals surface area contributed by atoms with Gasteiger partial charge in [-0.2, -0.15) is 5.10 Å². The van der Waals surface area contributed by atoms with Crippen LogP contribution in [0.1, 0.15) is 35.2 Å². The summed E-state index contributed by atoms with van der Waals surface area (Å²) in [6, 6.07) is 7.49. The van der Waals surface area contributed by atoms with E-state index < -0.39 is 0 Å². The second kappa shape index (κ2) is 6.32. The smallest absolute Gasteiger partial charge is 0.251 e. The van der Waals surface area contributed by atoms with Gasteiger partial charge in [-0.15, -0.1) is 0 Å². The number of rotatable bonds is 6. The standard InChI is InChI=1S/C17H21N3O2/c1-12-10-18-20(11-12)15-6-4-14(5-7-15)17(22)19-16(8-9-21)13-2-3-13/h4-7,10-11,13,16,21H,2-3,8-9H2,1H3,(H,19,22). The fourth-order valence-corrected chi connectivity index (χ4v) is 2.63. The van der Waals surface area contributed by atoms with Gasteiger partial charge in [0.25, 0.3) is 5.91 Å². The number of amides is 1. The summed E-state index contributed by atoms with van der Waals surface area (Å²) < 4.78 is 1.79. The number of aliphatic hydroxyl groups is 1. The number of carbonyl (C=O) groups excluding carboxylic acids is 1. The Morgan fingerprint density at radius 2 is 2.14 bits per heavy atom. The minimum atomic E-state index is -0.0754. The van der Waals surface area contributed by atoms with Gasteiger partial charge < -0.3 is 10.4 Å². The molecule has 1 aliphatic carbocycles. The number of benzene rings is 1. The van der Waals surface area contributed by atoms with E-state index in [1.54, 1.807) is 10.9 Å². The van der Waals surface area contributed by atoms with Crippen molar-refractivity contribution in [2.45, 2.75) is 32.2 Å². The third kappa shape index (κ3) is 3.36. The highest BCUT2D eigenvalue weighted by Gasteiger charge is 2.31. The molecule has 1 saturated carbocycles. The number of nitrogens with one attached hydrogen (secondary N) is 1. The van der Waals surface area contributed by atoms with Crippen LogP contribution in [0.5, 0.6) is 0 Å². The van der Waals surface area contributed by atoms with E-state index >= 15 is 0 Å². The lowest BCUT2D eigenvalue weighted by Gasteiger charge is -2.17. The molecule has 0 bridgehead atoms. The number of aryl methyl sites for hydroxylation is 1. The van der Waals surface area contributed by atoms with E-state index in [0.29, 0.717) is 17.9 Å². The third-order valence-corrected chi connectivity index (χ3v) is 4.05. The molecular formula is C17H21N3O2. The Morgan fingerprint density at radius 3 is 2.68 bits per heavy atom. The summed E-state index contributed by atoms with van der Waals surface area (Å²) in [6.07, 6.45) is 6.65. The molecule has 0 aliphatic heterocycles. The maximum Gasteiger partial charge on any atom is 0.251 e. The van der Waals surface area contributed by atoms with E-state index in [9.17, 15) is 4.79 Å². The van der Waals surface area contributed by atoms with Gasteiger partial charge in [0.2, 0.25) is 0 Å². The first-order chi connectivity index (χ1) is 10.7. The SMILES string of the molecule is Cc1cnn(-c2ccc(C(=O)NC(CCO)C3CC3)cc2)c1. The summed E-state index contributed by atoms with van der Waals surface area (Å²) in [5, 5.41) is 16.4. The zero-order chi connectivity index (χ0) is 15.5. The van der Waals surface area contributed by atoms with E-state index in [1.807, 2.05) is 37.4 Å². The first kappa shape index (κ1) is 14.8. The van der Waals surface area contributed by atoms with Gasteiger partial charge in [0.1, 0.15) is 0 Å². The first-order valence-electron chi connectivity index (χ1n) is 7.71. The molecule has 5 nitrogen and oxygen atoms in total. The quantitative estimate of drug-likeness (QED) is 0.858.